The Bertz CT molecular complexity index is 396. The molecule has 8 nitrogen and oxygen atoms in total. The zero-order valence-corrected chi connectivity index (χ0v) is 17.8. The lowest BCUT2D eigenvalue weighted by molar-refractivity contribution is -0.141. The monoisotopic (exact) mass is 404 g/mol. The van der Waals surface area contributed by atoms with E-state index in [9.17, 15) is 9.59 Å². The van der Waals surface area contributed by atoms with Gasteiger partial charge in [0.15, 0.2) is 0 Å². The zero-order valence-electron chi connectivity index (χ0n) is 17.8. The van der Waals surface area contributed by atoms with Crippen molar-refractivity contribution in [3.8, 4) is 0 Å². The van der Waals surface area contributed by atoms with Gasteiger partial charge in [-0.25, -0.2) is 9.59 Å². The second-order valence-electron chi connectivity index (χ2n) is 5.45. The average molecular weight is 405 g/mol. The summed E-state index contributed by atoms with van der Waals surface area (Å²) in [5.41, 5.74) is 0.727. The summed E-state index contributed by atoms with van der Waals surface area (Å²) in [6.45, 7) is 18.4. The lowest BCUT2D eigenvalue weighted by Gasteiger charge is -2.08. The molecule has 0 fully saturated rings. The highest BCUT2D eigenvalue weighted by molar-refractivity contribution is 5.87. The van der Waals surface area contributed by atoms with Crippen LogP contribution in [0, 0.1) is 0 Å². The maximum Gasteiger partial charge on any atom is 0.333 e. The molecule has 8 heteroatoms. The molecule has 0 N–H and O–H groups in total. The maximum absolute atomic E-state index is 11.0. The van der Waals surface area contributed by atoms with Crippen LogP contribution < -0.4 is 0 Å². The molecule has 0 aliphatic heterocycles. The summed E-state index contributed by atoms with van der Waals surface area (Å²) >= 11 is 0. The quantitative estimate of drug-likeness (QED) is 0.220. The molecule has 0 saturated carbocycles. The number of hydrogen-bond acceptors (Lipinski definition) is 8. The Hall–Kier alpha value is -1.74. The van der Waals surface area contributed by atoms with E-state index < -0.39 is 11.9 Å². The zero-order chi connectivity index (χ0) is 21.6. The smallest absolute Gasteiger partial charge is 0.333 e. The summed E-state index contributed by atoms with van der Waals surface area (Å²) < 4.78 is 30.2. The number of esters is 2. The number of carbonyl (C=O) groups excluding carboxylic acids is 2. The van der Waals surface area contributed by atoms with Crippen molar-refractivity contribution in [3.63, 3.8) is 0 Å². The molecule has 0 spiro atoms. The van der Waals surface area contributed by atoms with E-state index in [0.29, 0.717) is 50.8 Å². The van der Waals surface area contributed by atoms with Crippen LogP contribution in [-0.4, -0.2) is 78.0 Å². The average Bonchev–Trinajstić information content (AvgIpc) is 2.65. The lowest BCUT2D eigenvalue weighted by Crippen LogP contribution is -2.15. The van der Waals surface area contributed by atoms with E-state index in [1.165, 1.54) is 0 Å². The normalized spacial score (nSPS) is 9.86. The van der Waals surface area contributed by atoms with Crippen LogP contribution >= 0.6 is 0 Å². The second kappa shape index (κ2) is 21.6. The minimum Gasteiger partial charge on any atom is -0.460 e. The molecule has 164 valence electrons. The standard InChI is InChI=1S/C16H26O7.C4H10O/c1-13(2)15(17)22-11-9-20-7-5-19-6-8-21-10-12-23-16(18)14(3)4;1-3-5-4-2/h1,3,5-12H2,2,4H3;3-4H2,1-2H3. The highest BCUT2D eigenvalue weighted by atomic mass is 16.6. The first kappa shape index (κ1) is 28.5. The van der Waals surface area contributed by atoms with Crippen LogP contribution in [0.5, 0.6) is 0 Å². The molecule has 0 amide bonds. The van der Waals surface area contributed by atoms with Crippen molar-refractivity contribution in [1.82, 2.24) is 0 Å². The summed E-state index contributed by atoms with van der Waals surface area (Å²) in [6, 6.07) is 0. The Morgan fingerprint density at radius 3 is 1.07 bits per heavy atom. The number of ether oxygens (including phenoxy) is 6. The molecule has 0 unspecified atom stereocenters. The fourth-order valence-corrected chi connectivity index (χ4v) is 1.38. The summed E-state index contributed by atoms with van der Waals surface area (Å²) in [6.07, 6.45) is 0. The minimum absolute atomic E-state index is 0.192. The SMILES string of the molecule is C=C(C)C(=O)OCCOCCOCCOCCOC(=O)C(=C)C.CCOCC. The van der Waals surface area contributed by atoms with E-state index in [1.54, 1.807) is 13.8 Å². The Kier molecular flexibility index (Phi) is 21.9. The van der Waals surface area contributed by atoms with Gasteiger partial charge in [0.1, 0.15) is 13.2 Å². The fourth-order valence-electron chi connectivity index (χ4n) is 1.38. The molecule has 0 heterocycles. The van der Waals surface area contributed by atoms with Crippen LogP contribution in [0.2, 0.25) is 0 Å². The molecule has 0 aliphatic rings. The molecule has 0 atom stereocenters. The molecule has 0 aromatic rings. The molecule has 0 aromatic heterocycles. The van der Waals surface area contributed by atoms with Gasteiger partial charge in [0.2, 0.25) is 0 Å². The van der Waals surface area contributed by atoms with Crippen LogP contribution in [0.25, 0.3) is 0 Å². The molecular weight excluding hydrogens is 368 g/mol. The van der Waals surface area contributed by atoms with Crippen molar-refractivity contribution < 1.29 is 38.0 Å². The lowest BCUT2D eigenvalue weighted by atomic mass is 10.4. The predicted octanol–water partition coefficient (Wildman–Crippen LogP) is 2.32. The van der Waals surface area contributed by atoms with E-state index in [0.717, 1.165) is 13.2 Å². The third-order valence-electron chi connectivity index (χ3n) is 2.77. The third kappa shape index (κ3) is 22.3. The number of carbonyl (C=O) groups is 2. The van der Waals surface area contributed by atoms with E-state index in [1.807, 2.05) is 13.8 Å². The van der Waals surface area contributed by atoms with Crippen molar-refractivity contribution in [1.29, 1.82) is 0 Å². The van der Waals surface area contributed by atoms with Crippen LogP contribution in [0.1, 0.15) is 27.7 Å². The Labute approximate surface area is 168 Å². The Balaban J connectivity index is 0. The molecule has 0 aromatic carbocycles. The van der Waals surface area contributed by atoms with Gasteiger partial charge in [-0.15, -0.1) is 0 Å². The van der Waals surface area contributed by atoms with Gasteiger partial charge in [0.25, 0.3) is 0 Å². The van der Waals surface area contributed by atoms with Crippen molar-refractivity contribution in [2.75, 3.05) is 66.1 Å². The largest absolute Gasteiger partial charge is 0.460 e. The second-order valence-corrected chi connectivity index (χ2v) is 5.45. The highest BCUT2D eigenvalue weighted by Crippen LogP contribution is 1.92. The molecule has 0 rings (SSSR count). The topological polar surface area (TPSA) is 89.5 Å². The van der Waals surface area contributed by atoms with Gasteiger partial charge in [-0.2, -0.15) is 0 Å². The van der Waals surface area contributed by atoms with E-state index in [4.69, 9.17) is 28.4 Å². The summed E-state index contributed by atoms with van der Waals surface area (Å²) in [4.78, 5) is 22.1. The maximum atomic E-state index is 11.0. The van der Waals surface area contributed by atoms with Crippen molar-refractivity contribution >= 4 is 11.9 Å². The van der Waals surface area contributed by atoms with E-state index in [-0.39, 0.29) is 13.2 Å². The fraction of sp³-hybridized carbons (Fsp3) is 0.700. The van der Waals surface area contributed by atoms with Crippen LogP contribution in [0.15, 0.2) is 24.3 Å². The van der Waals surface area contributed by atoms with Gasteiger partial charge < -0.3 is 28.4 Å². The van der Waals surface area contributed by atoms with Crippen molar-refractivity contribution in [3.05, 3.63) is 24.3 Å². The Morgan fingerprint density at radius 1 is 0.571 bits per heavy atom. The first-order valence-corrected chi connectivity index (χ1v) is 9.32. The molecule has 0 bridgehead atoms. The van der Waals surface area contributed by atoms with Crippen LogP contribution in [-0.2, 0) is 38.0 Å². The van der Waals surface area contributed by atoms with E-state index >= 15 is 0 Å². The van der Waals surface area contributed by atoms with Gasteiger partial charge >= 0.3 is 11.9 Å². The molecule has 0 radical (unpaired) electrons. The van der Waals surface area contributed by atoms with E-state index in [2.05, 4.69) is 13.2 Å². The van der Waals surface area contributed by atoms with Crippen molar-refractivity contribution in [2.45, 2.75) is 27.7 Å². The number of rotatable bonds is 16. The van der Waals surface area contributed by atoms with Gasteiger partial charge in [-0.05, 0) is 27.7 Å². The summed E-state index contributed by atoms with van der Waals surface area (Å²) in [7, 11) is 0. The predicted molar refractivity (Wildman–Crippen MR) is 106 cm³/mol. The van der Waals surface area contributed by atoms with Gasteiger partial charge in [0, 0.05) is 24.4 Å². The van der Waals surface area contributed by atoms with Crippen LogP contribution in [0.3, 0.4) is 0 Å². The summed E-state index contributed by atoms with van der Waals surface area (Å²) in [5, 5.41) is 0. The molecular formula is C20H36O8. The Morgan fingerprint density at radius 2 is 0.857 bits per heavy atom. The van der Waals surface area contributed by atoms with Gasteiger partial charge in [-0.3, -0.25) is 0 Å². The molecule has 0 aliphatic carbocycles. The molecule has 28 heavy (non-hydrogen) atoms. The van der Waals surface area contributed by atoms with Crippen LogP contribution in [0.4, 0.5) is 0 Å². The first-order chi connectivity index (χ1) is 13.4. The first-order valence-electron chi connectivity index (χ1n) is 9.32. The third-order valence-corrected chi connectivity index (χ3v) is 2.77. The molecule has 0 saturated heterocycles. The minimum atomic E-state index is -0.420. The highest BCUT2D eigenvalue weighted by Gasteiger charge is 2.02. The van der Waals surface area contributed by atoms with Gasteiger partial charge in [0.05, 0.1) is 39.6 Å². The van der Waals surface area contributed by atoms with Gasteiger partial charge in [-0.1, -0.05) is 13.2 Å². The summed E-state index contributed by atoms with van der Waals surface area (Å²) in [5.74, 6) is -0.841. The number of hydrogen-bond donors (Lipinski definition) is 0. The van der Waals surface area contributed by atoms with Crippen molar-refractivity contribution in [2.24, 2.45) is 0 Å².